The number of aryl methyl sites for hydroxylation is 7. The molecule has 7 heterocycles. The van der Waals surface area contributed by atoms with Gasteiger partial charge in [-0.25, -0.2) is 8.78 Å². The van der Waals surface area contributed by atoms with Gasteiger partial charge in [0, 0.05) is 78.1 Å². The van der Waals surface area contributed by atoms with Gasteiger partial charge < -0.3 is 9.26 Å². The van der Waals surface area contributed by atoms with E-state index in [1.54, 1.807) is 12.4 Å². The molecule has 2 aromatic carbocycles. The molecule has 104 heavy (non-hydrogen) atoms. The van der Waals surface area contributed by atoms with Crippen molar-refractivity contribution < 1.29 is 22.8 Å². The number of aromatic nitrogens is 10. The Morgan fingerprint density at radius 2 is 0.913 bits per heavy atom. The number of esters is 1. The third-order valence-electron chi connectivity index (χ3n) is 16.7. The van der Waals surface area contributed by atoms with Crippen molar-refractivity contribution in [2.45, 2.75) is 286 Å². The summed E-state index contributed by atoms with van der Waals surface area (Å²) in [4.78, 5) is 40.6. The summed E-state index contributed by atoms with van der Waals surface area (Å²) in [5, 5.41) is 11.3. The van der Waals surface area contributed by atoms with Gasteiger partial charge in [-0.15, -0.1) is 0 Å². The highest BCUT2D eigenvalue weighted by Gasteiger charge is 2.29. The van der Waals surface area contributed by atoms with E-state index in [1.807, 2.05) is 126 Å². The van der Waals surface area contributed by atoms with E-state index in [-0.39, 0.29) is 23.9 Å². The minimum Gasteiger partial charge on any atom is -0.463 e. The number of carbonyl (C=O) groups excluding carboxylic acids is 1. The van der Waals surface area contributed by atoms with Crippen LogP contribution in [-0.2, 0) is 9.53 Å². The lowest BCUT2D eigenvalue weighted by atomic mass is 9.77. The quantitative estimate of drug-likeness (QED) is 0.106. The van der Waals surface area contributed by atoms with Crippen molar-refractivity contribution >= 4 is 5.97 Å². The predicted molar refractivity (Wildman–Crippen MR) is 430 cm³/mol. The second-order valence-electron chi connectivity index (χ2n) is 30.1. The number of pyridine rings is 4. The Balaban J connectivity index is 0.000000580. The van der Waals surface area contributed by atoms with Gasteiger partial charge in [0.15, 0.2) is 5.82 Å². The van der Waals surface area contributed by atoms with Gasteiger partial charge in [-0.05, 0) is 241 Å². The normalized spacial score (nSPS) is 12.8. The van der Waals surface area contributed by atoms with Crippen LogP contribution in [0.1, 0.15) is 322 Å². The van der Waals surface area contributed by atoms with Gasteiger partial charge in [-0.1, -0.05) is 186 Å². The smallest absolute Gasteiger partial charge is 0.309 e. The fraction of sp³-hybridized carbons (Fsp3) is 0.517. The van der Waals surface area contributed by atoms with E-state index in [0.717, 1.165) is 70.6 Å². The molecular weight excluding hydrogens is 1300 g/mol. The van der Waals surface area contributed by atoms with Crippen LogP contribution in [0.5, 0.6) is 0 Å². The molecule has 0 saturated heterocycles. The topological polar surface area (TPSA) is 168 Å². The Morgan fingerprint density at radius 1 is 0.423 bits per heavy atom. The summed E-state index contributed by atoms with van der Waals surface area (Å²) in [6.07, 6.45) is 17.3. The third-order valence-corrected chi connectivity index (χ3v) is 16.7. The lowest BCUT2D eigenvalue weighted by Gasteiger charge is -2.30. The number of benzene rings is 2. The number of halogens is 2. The largest absolute Gasteiger partial charge is 0.463 e. The van der Waals surface area contributed by atoms with Crippen molar-refractivity contribution in [1.82, 2.24) is 50.2 Å². The van der Waals surface area contributed by atoms with Gasteiger partial charge in [0.2, 0.25) is 5.89 Å². The van der Waals surface area contributed by atoms with Crippen LogP contribution in [0.15, 0.2) is 151 Å². The molecule has 0 N–H and O–H groups in total. The summed E-state index contributed by atoms with van der Waals surface area (Å²) in [6.45, 7) is 60.5. The molecule has 13 nitrogen and oxygen atoms in total. The van der Waals surface area contributed by atoms with Crippen LogP contribution < -0.4 is 0 Å². The average molecular weight is 1430 g/mol. The van der Waals surface area contributed by atoms with Crippen molar-refractivity contribution in [3.63, 3.8) is 0 Å². The van der Waals surface area contributed by atoms with E-state index < -0.39 is 11.6 Å². The molecule has 1 fully saturated rings. The second kappa shape index (κ2) is 51.0. The first-order valence-corrected chi connectivity index (χ1v) is 37.6. The zero-order valence-electron chi connectivity index (χ0n) is 69.1. The highest BCUT2D eigenvalue weighted by molar-refractivity contribution is 5.72. The monoisotopic (exact) mass is 1430 g/mol. The molecule has 1 aliphatic carbocycles. The summed E-state index contributed by atoms with van der Waals surface area (Å²) in [7, 11) is 0. The SMILES string of the molecule is CC(C)OC(=O)C1CCC(C(C)C)CC1.CC(C)c1ccc(F)cc1F.CC(C)c1cccnn1.Cc1cc(C(C)C)ccn1.Cc1cc(C(C)C)ccn1.Cc1cc(C(C)C)ccn1.Cc1ccc(C(C)C)cn1.Cc1cccc(C(C)C)c1.Cc1cnc(C(C)C)cn1.Cc1noc(C(C)C)n1. The van der Waals surface area contributed by atoms with Gasteiger partial charge in [0.1, 0.15) is 11.6 Å². The van der Waals surface area contributed by atoms with Crippen LogP contribution in [0.2, 0.25) is 0 Å². The number of carbonyl (C=O) groups is 1. The zero-order valence-corrected chi connectivity index (χ0v) is 69.1. The molecule has 15 heteroatoms. The molecule has 0 aliphatic heterocycles. The van der Waals surface area contributed by atoms with Crippen LogP contribution >= 0.6 is 0 Å². The van der Waals surface area contributed by atoms with E-state index in [9.17, 15) is 13.6 Å². The van der Waals surface area contributed by atoms with Crippen molar-refractivity contribution in [3.8, 4) is 0 Å². The minimum atomic E-state index is -0.521. The van der Waals surface area contributed by atoms with E-state index in [2.05, 4.69) is 241 Å². The van der Waals surface area contributed by atoms with Crippen molar-refractivity contribution in [2.75, 3.05) is 0 Å². The molecular formula is C89H132F2N10O3. The van der Waals surface area contributed by atoms with Gasteiger partial charge in [-0.3, -0.25) is 34.7 Å². The molecule has 0 unspecified atom stereocenters. The molecule has 1 saturated carbocycles. The summed E-state index contributed by atoms with van der Waals surface area (Å²) in [5.41, 5.74) is 16.2. The summed E-state index contributed by atoms with van der Waals surface area (Å²) in [6, 6.07) is 33.0. The molecule has 0 bridgehead atoms. The van der Waals surface area contributed by atoms with Crippen LogP contribution in [0, 0.1) is 77.9 Å². The molecule has 0 atom stereocenters. The van der Waals surface area contributed by atoms with Crippen LogP contribution in [0.4, 0.5) is 8.78 Å². The van der Waals surface area contributed by atoms with Crippen molar-refractivity contribution in [1.29, 1.82) is 0 Å². The highest BCUT2D eigenvalue weighted by atomic mass is 19.1. The standard InChI is InChI=1S/C13H24O2.C10H14.C9H10F2.4C9H13N.C8H12N2.C7H10N2.C6H10N2O/c1-9(2)11-5-7-12(8-6-11)13(14)15-10(3)4;1-8(2)10-6-4-5-9(3)7-10;1-6(2)8-4-3-7(10)5-9(8)11;3*1-7(2)9-4-5-10-8(3)6-9;1-7(2)9-5-4-8(3)10-6-9;1-6(2)8-5-9-7(3)4-10-8;1-6(2)7-4-3-5-8-9-7;1-4(2)6-7-5(3)8-9-6/h9-12H,5-8H2,1-4H3;4-8H,1-3H3;3-6H,1-2H3;4*4-7H,1-3H3;4-6H,1-3H3;3-6H,1-2H3;4H,1-3H3. The Kier molecular flexibility index (Phi) is 45.9. The lowest BCUT2D eigenvalue weighted by Crippen LogP contribution is -2.27. The van der Waals surface area contributed by atoms with Gasteiger partial charge in [-0.2, -0.15) is 15.2 Å². The molecule has 0 amide bonds. The molecule has 9 aromatic rings. The van der Waals surface area contributed by atoms with E-state index in [0.29, 0.717) is 64.6 Å². The number of nitrogens with zero attached hydrogens (tertiary/aromatic N) is 10. The van der Waals surface area contributed by atoms with Gasteiger partial charge >= 0.3 is 5.97 Å². The molecule has 1 aliphatic rings. The summed E-state index contributed by atoms with van der Waals surface area (Å²) >= 11 is 0. The Hall–Kier alpha value is -8.33. The first-order valence-electron chi connectivity index (χ1n) is 37.6. The van der Waals surface area contributed by atoms with Gasteiger partial charge in [0.05, 0.1) is 29.1 Å². The average Bonchev–Trinajstić information content (AvgIpc) is 1.26. The Labute approximate surface area is 628 Å². The lowest BCUT2D eigenvalue weighted by molar-refractivity contribution is -0.154. The van der Waals surface area contributed by atoms with E-state index >= 15 is 0 Å². The maximum Gasteiger partial charge on any atom is 0.309 e. The molecule has 10 rings (SSSR count). The van der Waals surface area contributed by atoms with Crippen LogP contribution in [0.25, 0.3) is 0 Å². The molecule has 570 valence electrons. The Morgan fingerprint density at radius 3 is 1.22 bits per heavy atom. The maximum atomic E-state index is 12.9. The maximum absolute atomic E-state index is 12.9. The summed E-state index contributed by atoms with van der Waals surface area (Å²) in [5.74, 6) is 6.69. The fourth-order valence-corrected chi connectivity index (χ4v) is 9.82. The number of rotatable bonds is 12. The van der Waals surface area contributed by atoms with E-state index in [4.69, 9.17) is 9.26 Å². The summed E-state index contributed by atoms with van der Waals surface area (Å²) < 4.78 is 35.3. The second-order valence-corrected chi connectivity index (χ2v) is 30.1. The minimum absolute atomic E-state index is 0.0206. The van der Waals surface area contributed by atoms with Crippen LogP contribution in [0.3, 0.4) is 0 Å². The highest BCUT2D eigenvalue weighted by Crippen LogP contribution is 2.34. The fourth-order valence-electron chi connectivity index (χ4n) is 9.82. The first kappa shape index (κ1) is 93.7. The molecule has 0 spiro atoms. The number of hydrogen-bond donors (Lipinski definition) is 0. The first-order chi connectivity index (χ1) is 48.8. The van der Waals surface area contributed by atoms with Crippen LogP contribution in [-0.4, -0.2) is 62.3 Å². The van der Waals surface area contributed by atoms with Crippen molar-refractivity contribution in [3.05, 3.63) is 249 Å². The molecule has 0 radical (unpaired) electrons. The molecule has 7 aromatic heterocycles. The predicted octanol–water partition coefficient (Wildman–Crippen LogP) is 24.7. The number of hydrogen-bond acceptors (Lipinski definition) is 13. The van der Waals surface area contributed by atoms with E-state index in [1.165, 1.54) is 58.4 Å². The van der Waals surface area contributed by atoms with Crippen molar-refractivity contribution in [2.24, 2.45) is 17.8 Å². The van der Waals surface area contributed by atoms with Gasteiger partial charge in [0.25, 0.3) is 0 Å². The third kappa shape index (κ3) is 41.2. The zero-order chi connectivity index (χ0) is 78.8. The Bertz CT molecular complexity index is 3460. The number of ether oxygens (including phenoxy) is 1.